The minimum Gasteiger partial charge on any atom is -0.494 e. The molecule has 0 fully saturated rings. The Balaban J connectivity index is 1.67. The number of aromatic nitrogens is 3. The molecule has 7 heteroatoms. The van der Waals surface area contributed by atoms with Crippen LogP contribution < -0.4 is 20.4 Å². The fraction of sp³-hybridized carbons (Fsp3) is 0.182. The molecule has 0 bridgehead atoms. The van der Waals surface area contributed by atoms with E-state index in [1.54, 1.807) is 6.08 Å². The highest BCUT2D eigenvalue weighted by molar-refractivity contribution is 7.15. The van der Waals surface area contributed by atoms with Gasteiger partial charge in [0.25, 0.3) is 11.1 Å². The lowest BCUT2D eigenvalue weighted by molar-refractivity contribution is 0.317. The highest BCUT2D eigenvalue weighted by atomic mass is 32.1. The Bertz CT molecular complexity index is 1300. The fourth-order valence-electron chi connectivity index (χ4n) is 2.87. The molecule has 0 spiro atoms. The molecule has 4 aromatic rings. The van der Waals surface area contributed by atoms with Gasteiger partial charge in [-0.25, -0.2) is 0 Å². The van der Waals surface area contributed by atoms with Gasteiger partial charge in [-0.05, 0) is 35.8 Å². The van der Waals surface area contributed by atoms with Gasteiger partial charge in [0.15, 0.2) is 0 Å². The summed E-state index contributed by atoms with van der Waals surface area (Å²) < 4.78 is 7.28. The molecule has 2 aromatic heterocycles. The van der Waals surface area contributed by atoms with Crippen molar-refractivity contribution in [2.75, 3.05) is 6.61 Å². The Morgan fingerprint density at radius 1 is 1.07 bits per heavy atom. The summed E-state index contributed by atoms with van der Waals surface area (Å²) in [6, 6.07) is 17.1. The van der Waals surface area contributed by atoms with Crippen molar-refractivity contribution in [2.45, 2.75) is 19.8 Å². The van der Waals surface area contributed by atoms with Gasteiger partial charge in [0.2, 0.25) is 4.96 Å². The molecule has 146 valence electrons. The zero-order chi connectivity index (χ0) is 20.2. The minimum atomic E-state index is -0.413. The van der Waals surface area contributed by atoms with Crippen LogP contribution in [0.3, 0.4) is 0 Å². The van der Waals surface area contributed by atoms with E-state index in [4.69, 9.17) is 4.74 Å². The standard InChI is InChI=1S/C22H19N3O3S/c1-2-12-28-17-10-8-16(9-11-17)13-18-20(26)23-22-25(24-18)21(27)19(29-22)14-15-6-4-3-5-7-15/h3-11,14H,2,12-13H2,1H3. The van der Waals surface area contributed by atoms with Crippen molar-refractivity contribution in [3.63, 3.8) is 0 Å². The number of hydrogen-bond acceptors (Lipinski definition) is 6. The molecule has 0 saturated heterocycles. The average molecular weight is 405 g/mol. The summed E-state index contributed by atoms with van der Waals surface area (Å²) in [5.41, 5.74) is 1.37. The van der Waals surface area contributed by atoms with Gasteiger partial charge in [0.1, 0.15) is 11.4 Å². The van der Waals surface area contributed by atoms with Gasteiger partial charge in [-0.15, -0.1) is 0 Å². The number of ether oxygens (including phenoxy) is 1. The first-order valence-electron chi connectivity index (χ1n) is 9.35. The molecule has 0 saturated carbocycles. The summed E-state index contributed by atoms with van der Waals surface area (Å²) in [6.45, 7) is 2.71. The van der Waals surface area contributed by atoms with Crippen molar-refractivity contribution in [2.24, 2.45) is 0 Å². The van der Waals surface area contributed by atoms with Gasteiger partial charge in [0, 0.05) is 6.42 Å². The molecule has 6 nitrogen and oxygen atoms in total. The van der Waals surface area contributed by atoms with Gasteiger partial charge in [-0.1, -0.05) is 60.7 Å². The molecule has 0 atom stereocenters. The van der Waals surface area contributed by atoms with Gasteiger partial charge in [0.05, 0.1) is 11.1 Å². The van der Waals surface area contributed by atoms with Gasteiger partial charge < -0.3 is 4.74 Å². The Morgan fingerprint density at radius 3 is 2.55 bits per heavy atom. The van der Waals surface area contributed by atoms with Crippen LogP contribution in [0.5, 0.6) is 5.75 Å². The molecular weight excluding hydrogens is 386 g/mol. The lowest BCUT2D eigenvalue weighted by atomic mass is 10.1. The van der Waals surface area contributed by atoms with E-state index in [-0.39, 0.29) is 11.3 Å². The second kappa shape index (κ2) is 8.36. The van der Waals surface area contributed by atoms with Gasteiger partial charge in [-0.3, -0.25) is 9.59 Å². The van der Waals surface area contributed by atoms with E-state index < -0.39 is 5.56 Å². The third-order valence-electron chi connectivity index (χ3n) is 4.32. The summed E-state index contributed by atoms with van der Waals surface area (Å²) in [6.07, 6.45) is 3.02. The first-order chi connectivity index (χ1) is 14.1. The largest absolute Gasteiger partial charge is 0.494 e. The van der Waals surface area contributed by atoms with E-state index in [1.165, 1.54) is 4.52 Å². The highest BCUT2D eigenvalue weighted by Crippen LogP contribution is 2.14. The second-order valence-corrected chi connectivity index (χ2v) is 7.56. The number of thiazole rings is 1. The molecule has 2 aromatic carbocycles. The smallest absolute Gasteiger partial charge is 0.296 e. The Morgan fingerprint density at radius 2 is 1.83 bits per heavy atom. The topological polar surface area (TPSA) is 73.6 Å². The number of hydrogen-bond donors (Lipinski definition) is 0. The molecular formula is C22H19N3O3S. The molecule has 0 amide bonds. The second-order valence-electron chi connectivity index (χ2n) is 6.55. The molecule has 0 unspecified atom stereocenters. The maximum absolute atomic E-state index is 12.7. The van der Waals surface area contributed by atoms with Crippen LogP contribution >= 0.6 is 11.3 Å². The predicted molar refractivity (Wildman–Crippen MR) is 114 cm³/mol. The fourth-order valence-corrected chi connectivity index (χ4v) is 3.77. The van der Waals surface area contributed by atoms with Crippen LogP contribution in [0.1, 0.15) is 30.2 Å². The first-order valence-corrected chi connectivity index (χ1v) is 10.2. The molecule has 0 radical (unpaired) electrons. The number of rotatable bonds is 6. The van der Waals surface area contributed by atoms with Crippen LogP contribution in [0.15, 0.2) is 64.2 Å². The zero-order valence-electron chi connectivity index (χ0n) is 15.9. The quantitative estimate of drug-likeness (QED) is 0.493. The highest BCUT2D eigenvalue weighted by Gasteiger charge is 2.12. The summed E-state index contributed by atoms with van der Waals surface area (Å²) >= 11 is 1.16. The Labute approximate surface area is 170 Å². The molecule has 29 heavy (non-hydrogen) atoms. The van der Waals surface area contributed by atoms with Crippen molar-refractivity contribution < 1.29 is 4.74 Å². The minimum absolute atomic E-state index is 0.242. The van der Waals surface area contributed by atoms with Crippen molar-refractivity contribution in [1.29, 1.82) is 0 Å². The van der Waals surface area contributed by atoms with Crippen molar-refractivity contribution in [3.05, 3.63) is 96.7 Å². The van der Waals surface area contributed by atoms with Crippen molar-refractivity contribution >= 4 is 22.4 Å². The summed E-state index contributed by atoms with van der Waals surface area (Å²) in [5, 5.41) is 4.29. The zero-order valence-corrected chi connectivity index (χ0v) is 16.7. The van der Waals surface area contributed by atoms with E-state index in [0.717, 1.165) is 34.6 Å². The van der Waals surface area contributed by atoms with Crippen LogP contribution in [-0.2, 0) is 6.42 Å². The predicted octanol–water partition coefficient (Wildman–Crippen LogP) is 2.44. The van der Waals surface area contributed by atoms with Crippen LogP contribution in [0.25, 0.3) is 11.0 Å². The van der Waals surface area contributed by atoms with Crippen molar-refractivity contribution in [1.82, 2.24) is 14.6 Å². The van der Waals surface area contributed by atoms with Gasteiger partial charge in [-0.2, -0.15) is 14.6 Å². The molecule has 0 aliphatic carbocycles. The maximum atomic E-state index is 12.7. The molecule has 2 heterocycles. The Kier molecular flexibility index (Phi) is 5.48. The molecule has 0 aliphatic rings. The van der Waals surface area contributed by atoms with E-state index in [9.17, 15) is 9.59 Å². The molecule has 4 rings (SSSR count). The van der Waals surface area contributed by atoms with Crippen LogP contribution in [0.4, 0.5) is 0 Å². The number of fused-ring (bicyclic) bond motifs is 1. The lowest BCUT2D eigenvalue weighted by Gasteiger charge is -2.05. The van der Waals surface area contributed by atoms with E-state index in [2.05, 4.69) is 10.1 Å². The van der Waals surface area contributed by atoms with Crippen LogP contribution in [0.2, 0.25) is 0 Å². The SMILES string of the molecule is CCCOc1ccc(Cc2nn3c(=O)c(=Cc4ccccc4)sc3nc2=O)cc1. The Hall–Kier alpha value is -3.32. The lowest BCUT2D eigenvalue weighted by Crippen LogP contribution is -2.28. The summed E-state index contributed by atoms with van der Waals surface area (Å²) in [7, 11) is 0. The van der Waals surface area contributed by atoms with E-state index in [1.807, 2.05) is 61.5 Å². The number of nitrogens with zero attached hydrogens (tertiary/aromatic N) is 3. The van der Waals surface area contributed by atoms with Crippen LogP contribution in [-0.4, -0.2) is 21.2 Å². The van der Waals surface area contributed by atoms with E-state index in [0.29, 0.717) is 22.5 Å². The maximum Gasteiger partial charge on any atom is 0.296 e. The van der Waals surface area contributed by atoms with E-state index >= 15 is 0 Å². The first kappa shape index (κ1) is 19.0. The third kappa shape index (κ3) is 4.25. The summed E-state index contributed by atoms with van der Waals surface area (Å²) in [5.74, 6) is 0.787. The molecule has 0 N–H and O–H groups in total. The van der Waals surface area contributed by atoms with Crippen molar-refractivity contribution in [3.8, 4) is 5.75 Å². The normalized spacial score (nSPS) is 11.8. The molecule has 0 aliphatic heterocycles. The summed E-state index contributed by atoms with van der Waals surface area (Å²) in [4.78, 5) is 29.5. The average Bonchev–Trinajstić information content (AvgIpc) is 3.03. The van der Waals surface area contributed by atoms with Gasteiger partial charge >= 0.3 is 0 Å². The monoisotopic (exact) mass is 405 g/mol. The van der Waals surface area contributed by atoms with Crippen LogP contribution in [0, 0.1) is 0 Å². The number of benzene rings is 2. The third-order valence-corrected chi connectivity index (χ3v) is 5.27.